The maximum atomic E-state index is 10.7. The zero-order valence-electron chi connectivity index (χ0n) is 11.6. The number of non-ortho nitro benzene ring substituents is 1. The Bertz CT molecular complexity index is 672. The van der Waals surface area contributed by atoms with Gasteiger partial charge in [-0.3, -0.25) is 10.1 Å². The number of aliphatic hydroxyl groups is 1. The Morgan fingerprint density at radius 2 is 2.10 bits per heavy atom. The van der Waals surface area contributed by atoms with E-state index in [-0.39, 0.29) is 18.0 Å². The van der Waals surface area contributed by atoms with Gasteiger partial charge in [0.15, 0.2) is 11.5 Å². The Morgan fingerprint density at radius 3 is 2.67 bits per heavy atom. The van der Waals surface area contributed by atoms with Gasteiger partial charge in [-0.05, 0) is 24.6 Å². The molecule has 0 saturated heterocycles. The zero-order chi connectivity index (χ0) is 15.4. The lowest BCUT2D eigenvalue weighted by Crippen LogP contribution is -1.97. The van der Waals surface area contributed by atoms with Gasteiger partial charge in [0.2, 0.25) is 5.88 Å². The minimum Gasteiger partial charge on any atom is -0.493 e. The van der Waals surface area contributed by atoms with E-state index in [1.807, 2.05) is 0 Å². The van der Waals surface area contributed by atoms with E-state index < -0.39 is 4.92 Å². The number of aromatic nitrogens is 1. The van der Waals surface area contributed by atoms with E-state index in [9.17, 15) is 10.1 Å². The van der Waals surface area contributed by atoms with Crippen LogP contribution in [0.4, 0.5) is 5.69 Å². The first-order valence-electron chi connectivity index (χ1n) is 6.12. The summed E-state index contributed by atoms with van der Waals surface area (Å²) in [6.45, 7) is 1.69. The van der Waals surface area contributed by atoms with Gasteiger partial charge in [-0.2, -0.15) is 0 Å². The maximum absolute atomic E-state index is 10.7. The summed E-state index contributed by atoms with van der Waals surface area (Å²) in [5.74, 6) is 0.923. The molecule has 0 spiro atoms. The van der Waals surface area contributed by atoms with Gasteiger partial charge in [-0.25, -0.2) is 4.98 Å². The molecule has 0 fully saturated rings. The van der Waals surface area contributed by atoms with Crippen molar-refractivity contribution < 1.29 is 19.5 Å². The van der Waals surface area contributed by atoms with Crippen LogP contribution in [0.15, 0.2) is 30.5 Å². The molecule has 1 heterocycles. The molecule has 0 radical (unpaired) electrons. The Morgan fingerprint density at radius 1 is 1.33 bits per heavy atom. The van der Waals surface area contributed by atoms with E-state index in [1.54, 1.807) is 13.0 Å². The molecule has 1 aromatic carbocycles. The van der Waals surface area contributed by atoms with Crippen molar-refractivity contribution in [3.05, 3.63) is 51.7 Å². The summed E-state index contributed by atoms with van der Waals surface area (Å²) < 4.78 is 10.7. The molecule has 0 saturated carbocycles. The van der Waals surface area contributed by atoms with Crippen LogP contribution in [-0.2, 0) is 6.61 Å². The molecular formula is C14H14N2O5. The predicted octanol–water partition coefficient (Wildman–Crippen LogP) is 2.59. The van der Waals surface area contributed by atoms with Gasteiger partial charge in [0.1, 0.15) is 0 Å². The summed E-state index contributed by atoms with van der Waals surface area (Å²) in [5, 5.41) is 19.8. The average Bonchev–Trinajstić information content (AvgIpc) is 2.49. The molecule has 0 atom stereocenters. The number of pyridine rings is 1. The summed E-state index contributed by atoms with van der Waals surface area (Å²) in [4.78, 5) is 14.3. The first-order chi connectivity index (χ1) is 10.0. The van der Waals surface area contributed by atoms with E-state index in [0.717, 1.165) is 5.56 Å². The van der Waals surface area contributed by atoms with Crippen LogP contribution >= 0.6 is 0 Å². The summed E-state index contributed by atoms with van der Waals surface area (Å²) >= 11 is 0. The summed E-state index contributed by atoms with van der Waals surface area (Å²) in [5.41, 5.74) is 1.33. The van der Waals surface area contributed by atoms with Crippen LogP contribution < -0.4 is 9.47 Å². The van der Waals surface area contributed by atoms with Crippen LogP contribution in [0.3, 0.4) is 0 Å². The van der Waals surface area contributed by atoms with Crippen molar-refractivity contribution in [1.82, 2.24) is 4.98 Å². The summed E-state index contributed by atoms with van der Waals surface area (Å²) in [6.07, 6.45) is 1.50. The lowest BCUT2D eigenvalue weighted by molar-refractivity contribution is -0.384. The first kappa shape index (κ1) is 14.7. The van der Waals surface area contributed by atoms with Gasteiger partial charge in [-0.15, -0.1) is 0 Å². The third kappa shape index (κ3) is 3.26. The lowest BCUT2D eigenvalue weighted by Gasteiger charge is -2.11. The van der Waals surface area contributed by atoms with Gasteiger partial charge < -0.3 is 14.6 Å². The highest BCUT2D eigenvalue weighted by molar-refractivity contribution is 5.50. The number of benzene rings is 1. The molecule has 0 unspecified atom stereocenters. The summed E-state index contributed by atoms with van der Waals surface area (Å²) in [6, 6.07) is 5.82. The molecule has 1 N–H and O–H groups in total. The summed E-state index contributed by atoms with van der Waals surface area (Å²) in [7, 11) is 1.40. The number of nitro benzene ring substituents is 1. The fourth-order valence-electron chi connectivity index (χ4n) is 1.77. The molecule has 21 heavy (non-hydrogen) atoms. The van der Waals surface area contributed by atoms with Crippen LogP contribution in [0.5, 0.6) is 17.4 Å². The van der Waals surface area contributed by atoms with E-state index in [1.165, 1.54) is 31.5 Å². The molecule has 7 nitrogen and oxygen atoms in total. The fourth-order valence-corrected chi connectivity index (χ4v) is 1.77. The molecule has 2 aromatic rings. The number of aliphatic hydroxyl groups excluding tert-OH is 1. The predicted molar refractivity (Wildman–Crippen MR) is 74.6 cm³/mol. The monoisotopic (exact) mass is 290 g/mol. The molecule has 0 bridgehead atoms. The molecule has 0 amide bonds. The Balaban J connectivity index is 2.33. The smallest absolute Gasteiger partial charge is 0.273 e. The van der Waals surface area contributed by atoms with E-state index in [4.69, 9.17) is 14.6 Å². The minimum atomic E-state index is -0.508. The van der Waals surface area contributed by atoms with Crippen LogP contribution in [0.2, 0.25) is 0 Å². The van der Waals surface area contributed by atoms with E-state index >= 15 is 0 Å². The number of rotatable bonds is 5. The fraction of sp³-hybridized carbons (Fsp3) is 0.214. The van der Waals surface area contributed by atoms with Crippen molar-refractivity contribution in [3.8, 4) is 17.4 Å². The van der Waals surface area contributed by atoms with Gasteiger partial charge >= 0.3 is 0 Å². The quantitative estimate of drug-likeness (QED) is 0.671. The Hall–Kier alpha value is -2.67. The zero-order valence-corrected chi connectivity index (χ0v) is 11.6. The topological polar surface area (TPSA) is 94.7 Å². The number of hydrogen-bond donors (Lipinski definition) is 1. The molecule has 110 valence electrons. The SMILES string of the molecule is COc1cc([N+](=O)[O-])ccc1Oc1ncc(CO)cc1C. The molecular weight excluding hydrogens is 276 g/mol. The molecule has 0 aliphatic rings. The number of ether oxygens (including phenoxy) is 2. The normalized spacial score (nSPS) is 10.2. The number of nitrogens with zero attached hydrogens (tertiary/aromatic N) is 2. The third-order valence-electron chi connectivity index (χ3n) is 2.83. The molecule has 0 aliphatic carbocycles. The van der Waals surface area contributed by atoms with Gasteiger partial charge in [0.05, 0.1) is 24.7 Å². The largest absolute Gasteiger partial charge is 0.493 e. The second kappa shape index (κ2) is 6.19. The number of nitro groups is 1. The van der Waals surface area contributed by atoms with Gasteiger partial charge in [0.25, 0.3) is 5.69 Å². The van der Waals surface area contributed by atoms with Crippen LogP contribution in [0.1, 0.15) is 11.1 Å². The Labute approximate surface area is 120 Å². The van der Waals surface area contributed by atoms with Crippen molar-refractivity contribution in [2.24, 2.45) is 0 Å². The second-order valence-corrected chi connectivity index (χ2v) is 4.32. The van der Waals surface area contributed by atoms with Crippen LogP contribution in [0.25, 0.3) is 0 Å². The van der Waals surface area contributed by atoms with Crippen molar-refractivity contribution in [1.29, 1.82) is 0 Å². The number of aryl methyl sites for hydroxylation is 1. The van der Waals surface area contributed by atoms with Gasteiger partial charge in [-0.1, -0.05) is 0 Å². The maximum Gasteiger partial charge on any atom is 0.273 e. The highest BCUT2D eigenvalue weighted by Gasteiger charge is 2.14. The highest BCUT2D eigenvalue weighted by Crippen LogP contribution is 2.34. The van der Waals surface area contributed by atoms with E-state index in [2.05, 4.69) is 4.98 Å². The standard InChI is InChI=1S/C14H14N2O5/c1-9-5-10(8-17)7-15-14(9)21-12-4-3-11(16(18)19)6-13(12)20-2/h3-7,17H,8H2,1-2H3. The molecule has 2 rings (SSSR count). The van der Waals surface area contributed by atoms with E-state index in [0.29, 0.717) is 17.2 Å². The van der Waals surface area contributed by atoms with Crippen LogP contribution in [-0.4, -0.2) is 22.1 Å². The van der Waals surface area contributed by atoms with Crippen molar-refractivity contribution in [3.63, 3.8) is 0 Å². The minimum absolute atomic E-state index is 0.0838. The van der Waals surface area contributed by atoms with Crippen molar-refractivity contribution in [2.75, 3.05) is 7.11 Å². The van der Waals surface area contributed by atoms with Gasteiger partial charge in [0, 0.05) is 17.8 Å². The third-order valence-corrected chi connectivity index (χ3v) is 2.83. The lowest BCUT2D eigenvalue weighted by atomic mass is 10.2. The van der Waals surface area contributed by atoms with Crippen molar-refractivity contribution >= 4 is 5.69 Å². The number of methoxy groups -OCH3 is 1. The van der Waals surface area contributed by atoms with Crippen molar-refractivity contribution in [2.45, 2.75) is 13.5 Å². The highest BCUT2D eigenvalue weighted by atomic mass is 16.6. The molecule has 0 aliphatic heterocycles. The Kier molecular flexibility index (Phi) is 4.34. The number of hydrogen-bond acceptors (Lipinski definition) is 6. The average molecular weight is 290 g/mol. The molecule has 1 aromatic heterocycles. The molecule has 7 heteroatoms. The second-order valence-electron chi connectivity index (χ2n) is 4.32. The first-order valence-corrected chi connectivity index (χ1v) is 6.12. The van der Waals surface area contributed by atoms with Crippen LogP contribution in [0, 0.1) is 17.0 Å².